The predicted molar refractivity (Wildman–Crippen MR) is 129 cm³/mol. The first-order valence-electron chi connectivity index (χ1n) is 12.1. The van der Waals surface area contributed by atoms with Gasteiger partial charge in [0, 0.05) is 11.6 Å². The van der Waals surface area contributed by atoms with Gasteiger partial charge in [-0.15, -0.1) is 0 Å². The SMILES string of the molecule is O=C(NCCCN1CCC(c2ccccc2)CC1)C1(c2ccc(F)cc2Cl)CCCCC1. The van der Waals surface area contributed by atoms with E-state index >= 15 is 0 Å². The van der Waals surface area contributed by atoms with Gasteiger partial charge in [-0.3, -0.25) is 4.79 Å². The third-order valence-electron chi connectivity index (χ3n) is 7.38. The molecule has 4 rings (SSSR count). The highest BCUT2D eigenvalue weighted by Gasteiger charge is 2.42. The van der Waals surface area contributed by atoms with Crippen LogP contribution in [0.15, 0.2) is 48.5 Å². The number of halogens is 2. The maximum absolute atomic E-state index is 13.6. The summed E-state index contributed by atoms with van der Waals surface area (Å²) in [6, 6.07) is 15.3. The van der Waals surface area contributed by atoms with Crippen molar-refractivity contribution in [1.29, 1.82) is 0 Å². The summed E-state index contributed by atoms with van der Waals surface area (Å²) in [5.41, 5.74) is 1.61. The van der Waals surface area contributed by atoms with Gasteiger partial charge in [-0.2, -0.15) is 0 Å². The van der Waals surface area contributed by atoms with Gasteiger partial charge in [0.05, 0.1) is 5.41 Å². The molecule has 2 aromatic rings. The van der Waals surface area contributed by atoms with Crippen LogP contribution in [0.4, 0.5) is 4.39 Å². The lowest BCUT2D eigenvalue weighted by Crippen LogP contribution is -2.46. The number of amides is 1. The number of benzene rings is 2. The maximum Gasteiger partial charge on any atom is 0.230 e. The lowest BCUT2D eigenvalue weighted by Gasteiger charge is -2.37. The van der Waals surface area contributed by atoms with E-state index in [-0.39, 0.29) is 11.7 Å². The normalized spacial score (nSPS) is 19.6. The Labute approximate surface area is 196 Å². The highest BCUT2D eigenvalue weighted by atomic mass is 35.5. The number of hydrogen-bond acceptors (Lipinski definition) is 2. The van der Waals surface area contributed by atoms with Gasteiger partial charge >= 0.3 is 0 Å². The molecule has 0 unspecified atom stereocenters. The molecule has 2 aromatic carbocycles. The van der Waals surface area contributed by atoms with Crippen LogP contribution in [0.3, 0.4) is 0 Å². The van der Waals surface area contributed by atoms with Crippen molar-refractivity contribution in [3.8, 4) is 0 Å². The Balaban J connectivity index is 1.27. The Kier molecular flexibility index (Phi) is 7.85. The van der Waals surface area contributed by atoms with Gasteiger partial charge in [-0.1, -0.05) is 67.3 Å². The molecule has 1 aliphatic heterocycles. The number of carbonyl (C=O) groups is 1. The monoisotopic (exact) mass is 456 g/mol. The minimum absolute atomic E-state index is 0.0495. The van der Waals surface area contributed by atoms with Gasteiger partial charge in [-0.05, 0) is 80.9 Å². The van der Waals surface area contributed by atoms with Crippen LogP contribution in [0.2, 0.25) is 5.02 Å². The molecular weight excluding hydrogens is 423 g/mol. The summed E-state index contributed by atoms with van der Waals surface area (Å²) in [5.74, 6) is 0.355. The van der Waals surface area contributed by atoms with Gasteiger partial charge in [-0.25, -0.2) is 4.39 Å². The van der Waals surface area contributed by atoms with E-state index in [0.717, 1.165) is 63.7 Å². The van der Waals surface area contributed by atoms with Crippen LogP contribution >= 0.6 is 11.6 Å². The lowest BCUT2D eigenvalue weighted by molar-refractivity contribution is -0.128. The van der Waals surface area contributed by atoms with Crippen LogP contribution in [0.25, 0.3) is 0 Å². The van der Waals surface area contributed by atoms with E-state index in [9.17, 15) is 9.18 Å². The quantitative estimate of drug-likeness (QED) is 0.513. The van der Waals surface area contributed by atoms with Crippen molar-refractivity contribution < 1.29 is 9.18 Å². The molecule has 172 valence electrons. The molecule has 1 N–H and O–H groups in total. The number of likely N-dealkylation sites (tertiary alicyclic amines) is 1. The molecular formula is C27H34ClFN2O. The second-order valence-corrected chi connectivity index (χ2v) is 9.81. The second kappa shape index (κ2) is 10.8. The number of nitrogens with one attached hydrogen (secondary N) is 1. The fourth-order valence-electron chi connectivity index (χ4n) is 5.54. The first-order valence-corrected chi connectivity index (χ1v) is 12.5. The third kappa shape index (κ3) is 5.35. The fourth-order valence-corrected chi connectivity index (χ4v) is 5.89. The van der Waals surface area contributed by atoms with Crippen LogP contribution in [-0.4, -0.2) is 37.0 Å². The topological polar surface area (TPSA) is 32.3 Å². The van der Waals surface area contributed by atoms with E-state index < -0.39 is 5.41 Å². The lowest BCUT2D eigenvalue weighted by atomic mass is 9.68. The highest BCUT2D eigenvalue weighted by Crippen LogP contribution is 2.42. The van der Waals surface area contributed by atoms with Crippen molar-refractivity contribution in [3.63, 3.8) is 0 Å². The summed E-state index contributed by atoms with van der Waals surface area (Å²) in [6.45, 7) is 3.90. The molecule has 2 fully saturated rings. The first kappa shape index (κ1) is 23.3. The number of piperidine rings is 1. The third-order valence-corrected chi connectivity index (χ3v) is 7.70. The molecule has 0 radical (unpaired) electrons. The van der Waals surface area contributed by atoms with Gasteiger partial charge in [0.15, 0.2) is 0 Å². The Morgan fingerprint density at radius 1 is 1.06 bits per heavy atom. The molecule has 0 aromatic heterocycles. The Bertz CT molecular complexity index is 890. The Hall–Kier alpha value is -1.91. The standard InChI is InChI=1S/C27H34ClFN2O/c28-25-20-23(29)10-11-24(25)27(14-5-2-6-15-27)26(32)30-16-7-17-31-18-12-22(13-19-31)21-8-3-1-4-9-21/h1,3-4,8-11,20,22H,2,5-7,12-19H2,(H,30,32). The zero-order chi connectivity index (χ0) is 22.4. The summed E-state index contributed by atoms with van der Waals surface area (Å²) in [6.07, 6.45) is 8.01. The number of rotatable bonds is 7. The summed E-state index contributed by atoms with van der Waals surface area (Å²) in [7, 11) is 0. The first-order chi connectivity index (χ1) is 15.6. The van der Waals surface area contributed by atoms with E-state index in [2.05, 4.69) is 40.5 Å². The molecule has 1 aliphatic carbocycles. The predicted octanol–water partition coefficient (Wildman–Crippen LogP) is 6.07. The van der Waals surface area contributed by atoms with Crippen LogP contribution < -0.4 is 5.32 Å². The summed E-state index contributed by atoms with van der Waals surface area (Å²) < 4.78 is 13.6. The van der Waals surface area contributed by atoms with Gasteiger partial charge < -0.3 is 10.2 Å². The van der Waals surface area contributed by atoms with Crippen LogP contribution in [0.1, 0.15) is 68.4 Å². The molecule has 0 bridgehead atoms. The summed E-state index contributed by atoms with van der Waals surface area (Å²) in [5, 5.41) is 3.55. The Morgan fingerprint density at radius 2 is 1.78 bits per heavy atom. The van der Waals surface area contributed by atoms with E-state index in [1.807, 2.05) is 0 Å². The summed E-state index contributed by atoms with van der Waals surface area (Å²) >= 11 is 6.39. The van der Waals surface area contributed by atoms with Crippen LogP contribution in [-0.2, 0) is 10.2 Å². The molecule has 5 heteroatoms. The largest absolute Gasteiger partial charge is 0.355 e. The van der Waals surface area contributed by atoms with Crippen molar-refractivity contribution >= 4 is 17.5 Å². The zero-order valence-corrected chi connectivity index (χ0v) is 19.5. The molecule has 1 saturated carbocycles. The molecule has 3 nitrogen and oxygen atoms in total. The molecule has 0 atom stereocenters. The average Bonchev–Trinajstić information content (AvgIpc) is 2.83. The Morgan fingerprint density at radius 3 is 2.47 bits per heavy atom. The minimum Gasteiger partial charge on any atom is -0.355 e. The van der Waals surface area contributed by atoms with Crippen molar-refractivity contribution in [2.24, 2.45) is 0 Å². The van der Waals surface area contributed by atoms with Gasteiger partial charge in [0.1, 0.15) is 5.82 Å². The van der Waals surface area contributed by atoms with Gasteiger partial charge in [0.2, 0.25) is 5.91 Å². The average molecular weight is 457 g/mol. The second-order valence-electron chi connectivity index (χ2n) is 9.40. The van der Waals surface area contributed by atoms with Gasteiger partial charge in [0.25, 0.3) is 0 Å². The molecule has 2 aliphatic rings. The van der Waals surface area contributed by atoms with E-state index in [4.69, 9.17) is 11.6 Å². The fraction of sp³-hybridized carbons (Fsp3) is 0.519. The number of hydrogen-bond donors (Lipinski definition) is 1. The van der Waals surface area contributed by atoms with Crippen LogP contribution in [0.5, 0.6) is 0 Å². The molecule has 1 saturated heterocycles. The maximum atomic E-state index is 13.6. The van der Waals surface area contributed by atoms with Crippen molar-refractivity contribution in [2.75, 3.05) is 26.2 Å². The summed E-state index contributed by atoms with van der Waals surface area (Å²) in [4.78, 5) is 15.8. The van der Waals surface area contributed by atoms with E-state index in [0.29, 0.717) is 17.5 Å². The van der Waals surface area contributed by atoms with Crippen molar-refractivity contribution in [3.05, 3.63) is 70.5 Å². The number of nitrogens with zero attached hydrogens (tertiary/aromatic N) is 1. The molecule has 1 amide bonds. The van der Waals surface area contributed by atoms with Crippen molar-refractivity contribution in [2.45, 2.75) is 62.7 Å². The zero-order valence-electron chi connectivity index (χ0n) is 18.8. The molecule has 32 heavy (non-hydrogen) atoms. The number of carbonyl (C=O) groups excluding carboxylic acids is 1. The minimum atomic E-state index is -0.628. The van der Waals surface area contributed by atoms with Crippen molar-refractivity contribution in [1.82, 2.24) is 10.2 Å². The van der Waals surface area contributed by atoms with E-state index in [1.165, 1.54) is 30.5 Å². The van der Waals surface area contributed by atoms with E-state index in [1.54, 1.807) is 6.07 Å². The molecule has 1 heterocycles. The van der Waals surface area contributed by atoms with Crippen LogP contribution in [0, 0.1) is 5.82 Å². The molecule has 0 spiro atoms. The smallest absolute Gasteiger partial charge is 0.230 e. The highest BCUT2D eigenvalue weighted by molar-refractivity contribution is 6.31.